The van der Waals surface area contributed by atoms with Crippen LogP contribution in [0.25, 0.3) is 0 Å². The van der Waals surface area contributed by atoms with Crippen molar-refractivity contribution in [1.29, 1.82) is 0 Å². The molecule has 2 heterocycles. The summed E-state index contributed by atoms with van der Waals surface area (Å²) in [6, 6.07) is 4.58. The van der Waals surface area contributed by atoms with Crippen LogP contribution in [0.4, 0.5) is 18.2 Å². The highest BCUT2D eigenvalue weighted by Crippen LogP contribution is 2.38. The van der Waals surface area contributed by atoms with Gasteiger partial charge in [0.15, 0.2) is 11.0 Å². The van der Waals surface area contributed by atoms with Crippen molar-refractivity contribution >= 4 is 40.0 Å². The first-order valence-corrected chi connectivity index (χ1v) is 12.8. The van der Waals surface area contributed by atoms with E-state index in [1.54, 1.807) is 11.6 Å². The largest absolute Gasteiger partial charge is 0.486 e. The molecular weight excluding hydrogens is 517 g/mol. The molecule has 192 valence electrons. The molecule has 4 rings (SSSR count). The number of methoxy groups -OCH3 is 1. The quantitative estimate of drug-likeness (QED) is 0.322. The van der Waals surface area contributed by atoms with Crippen molar-refractivity contribution in [3.8, 4) is 5.75 Å². The summed E-state index contributed by atoms with van der Waals surface area (Å²) in [6.07, 6.45) is -0.773. The summed E-state index contributed by atoms with van der Waals surface area (Å²) in [6.45, 7) is -0.0964. The number of aryl methyl sites for hydroxylation is 1. The molecule has 0 saturated carbocycles. The van der Waals surface area contributed by atoms with E-state index in [1.807, 2.05) is 0 Å². The van der Waals surface area contributed by atoms with Crippen LogP contribution in [0.3, 0.4) is 0 Å². The topological polar surface area (TPSA) is 95.3 Å². The summed E-state index contributed by atoms with van der Waals surface area (Å²) in [4.78, 5) is 26.1. The summed E-state index contributed by atoms with van der Waals surface area (Å²) in [7, 11) is 2.99. The second-order valence-electron chi connectivity index (χ2n) is 8.02. The van der Waals surface area contributed by atoms with E-state index in [0.29, 0.717) is 21.5 Å². The number of nitrogens with zero attached hydrogens (tertiary/aromatic N) is 3. The van der Waals surface area contributed by atoms with Crippen molar-refractivity contribution < 1.29 is 32.2 Å². The number of nitrogens with one attached hydrogen (secondary N) is 1. The van der Waals surface area contributed by atoms with Crippen LogP contribution in [0.1, 0.15) is 45.0 Å². The molecule has 0 radical (unpaired) electrons. The average molecular weight is 541 g/mol. The van der Waals surface area contributed by atoms with E-state index in [-0.39, 0.29) is 24.0 Å². The predicted molar refractivity (Wildman–Crippen MR) is 128 cm³/mol. The molecule has 13 heteroatoms. The van der Waals surface area contributed by atoms with Gasteiger partial charge in [0, 0.05) is 11.9 Å². The number of hydrogen-bond donors (Lipinski definition) is 1. The van der Waals surface area contributed by atoms with Crippen molar-refractivity contribution in [2.24, 2.45) is 7.05 Å². The Morgan fingerprint density at radius 2 is 2.00 bits per heavy atom. The highest BCUT2D eigenvalue weighted by Gasteiger charge is 2.31. The Kier molecular flexibility index (Phi) is 7.88. The summed E-state index contributed by atoms with van der Waals surface area (Å²) in [5, 5.41) is 11.8. The van der Waals surface area contributed by atoms with Gasteiger partial charge in [-0.15, -0.1) is 21.5 Å². The molecule has 0 saturated heterocycles. The number of rotatable bonds is 8. The Bertz CT molecular complexity index is 1270. The van der Waals surface area contributed by atoms with Crippen molar-refractivity contribution in [2.45, 2.75) is 43.6 Å². The lowest BCUT2D eigenvalue weighted by Crippen LogP contribution is -2.17. The van der Waals surface area contributed by atoms with Gasteiger partial charge in [0.2, 0.25) is 5.91 Å². The number of amides is 1. The number of carbonyl (C=O) groups is 2. The van der Waals surface area contributed by atoms with Crippen LogP contribution in [-0.4, -0.2) is 39.5 Å². The number of thiophene rings is 1. The molecule has 36 heavy (non-hydrogen) atoms. The molecule has 2 aromatic heterocycles. The van der Waals surface area contributed by atoms with E-state index in [1.165, 1.54) is 30.6 Å². The molecule has 0 aliphatic heterocycles. The van der Waals surface area contributed by atoms with Crippen molar-refractivity contribution in [1.82, 2.24) is 14.8 Å². The summed E-state index contributed by atoms with van der Waals surface area (Å²) in [5.41, 5.74) is 0.588. The van der Waals surface area contributed by atoms with Gasteiger partial charge in [0.1, 0.15) is 17.4 Å². The fourth-order valence-electron chi connectivity index (χ4n) is 3.77. The fourth-order valence-corrected chi connectivity index (χ4v) is 5.79. The molecule has 1 aromatic carbocycles. The minimum absolute atomic E-state index is 0.0175. The zero-order valence-electron chi connectivity index (χ0n) is 19.5. The lowest BCUT2D eigenvalue weighted by atomic mass is 9.95. The lowest BCUT2D eigenvalue weighted by Gasteiger charge is -2.11. The third-order valence-electron chi connectivity index (χ3n) is 5.60. The summed E-state index contributed by atoms with van der Waals surface area (Å²) in [5.74, 6) is -0.316. The van der Waals surface area contributed by atoms with Crippen molar-refractivity contribution in [2.75, 3.05) is 18.2 Å². The minimum Gasteiger partial charge on any atom is -0.486 e. The highest BCUT2D eigenvalue weighted by atomic mass is 32.2. The van der Waals surface area contributed by atoms with E-state index < -0.39 is 17.7 Å². The number of esters is 1. The van der Waals surface area contributed by atoms with Crippen molar-refractivity contribution in [3.05, 3.63) is 51.7 Å². The van der Waals surface area contributed by atoms with Gasteiger partial charge in [0.25, 0.3) is 0 Å². The minimum atomic E-state index is -4.46. The van der Waals surface area contributed by atoms with Gasteiger partial charge in [-0.2, -0.15) is 13.2 Å². The van der Waals surface area contributed by atoms with Gasteiger partial charge < -0.3 is 19.4 Å². The average Bonchev–Trinajstić information content (AvgIpc) is 3.39. The monoisotopic (exact) mass is 540 g/mol. The van der Waals surface area contributed by atoms with Crippen LogP contribution in [0.15, 0.2) is 29.4 Å². The Balaban J connectivity index is 1.36. The predicted octanol–water partition coefficient (Wildman–Crippen LogP) is 4.87. The Hall–Kier alpha value is -3.06. The number of ether oxygens (including phenoxy) is 2. The van der Waals surface area contributed by atoms with Crippen LogP contribution in [-0.2, 0) is 42.2 Å². The van der Waals surface area contributed by atoms with Crippen LogP contribution in [0, 0.1) is 0 Å². The van der Waals surface area contributed by atoms with E-state index >= 15 is 0 Å². The molecule has 0 spiro atoms. The molecule has 0 bridgehead atoms. The van der Waals surface area contributed by atoms with Crippen LogP contribution in [0.5, 0.6) is 5.75 Å². The molecule has 1 aliphatic rings. The first-order valence-electron chi connectivity index (χ1n) is 11.0. The third-order valence-corrected chi connectivity index (χ3v) is 7.83. The molecule has 0 atom stereocenters. The smallest absolute Gasteiger partial charge is 0.416 e. The molecule has 1 N–H and O–H groups in total. The second kappa shape index (κ2) is 10.9. The first-order chi connectivity index (χ1) is 17.2. The number of alkyl halides is 3. The number of benzene rings is 1. The van der Waals surface area contributed by atoms with Gasteiger partial charge >= 0.3 is 12.1 Å². The summed E-state index contributed by atoms with van der Waals surface area (Å²) >= 11 is 2.55. The van der Waals surface area contributed by atoms with Gasteiger partial charge in [-0.25, -0.2) is 4.79 Å². The molecule has 1 amide bonds. The Morgan fingerprint density at radius 3 is 2.75 bits per heavy atom. The molecule has 0 unspecified atom stereocenters. The van der Waals surface area contributed by atoms with Crippen LogP contribution in [0.2, 0.25) is 0 Å². The van der Waals surface area contributed by atoms with Gasteiger partial charge in [-0.05, 0) is 49.4 Å². The number of halogens is 3. The number of thioether (sulfide) groups is 1. The zero-order valence-corrected chi connectivity index (χ0v) is 21.1. The number of fused-ring (bicyclic) bond motifs is 1. The molecule has 0 fully saturated rings. The zero-order chi connectivity index (χ0) is 25.9. The van der Waals surface area contributed by atoms with E-state index in [4.69, 9.17) is 9.47 Å². The third kappa shape index (κ3) is 5.84. The number of hydrogen-bond acceptors (Lipinski definition) is 8. The maximum atomic E-state index is 12.9. The normalized spacial score (nSPS) is 13.2. The second-order valence-corrected chi connectivity index (χ2v) is 10.1. The van der Waals surface area contributed by atoms with Crippen LogP contribution < -0.4 is 10.1 Å². The van der Waals surface area contributed by atoms with Crippen molar-refractivity contribution in [3.63, 3.8) is 0 Å². The molecule has 8 nitrogen and oxygen atoms in total. The Labute approximate surface area is 213 Å². The molecular formula is C23H23F3N4O4S2. The van der Waals surface area contributed by atoms with E-state index in [2.05, 4.69) is 15.5 Å². The van der Waals surface area contributed by atoms with Gasteiger partial charge in [-0.3, -0.25) is 4.79 Å². The standard InChI is InChI=1S/C23H23F3N4O4S2/c1-30-17(11-34-14-7-5-6-13(10-14)23(24,25)26)28-29-22(30)35-12-18(31)27-20-19(21(32)33-2)15-8-3-4-9-16(15)36-20/h5-7,10H,3-4,8-9,11-12H2,1-2H3,(H,27,31). The number of carbonyl (C=O) groups excluding carboxylic acids is 2. The molecule has 3 aromatic rings. The van der Waals surface area contributed by atoms with Gasteiger partial charge in [-0.1, -0.05) is 17.8 Å². The Morgan fingerprint density at radius 1 is 1.22 bits per heavy atom. The number of aromatic nitrogens is 3. The lowest BCUT2D eigenvalue weighted by molar-refractivity contribution is -0.137. The SMILES string of the molecule is COC(=O)c1c(NC(=O)CSc2nnc(COc3cccc(C(F)(F)F)c3)n2C)sc2c1CCCC2. The highest BCUT2D eigenvalue weighted by molar-refractivity contribution is 7.99. The number of anilines is 1. The van der Waals surface area contributed by atoms with Crippen LogP contribution >= 0.6 is 23.1 Å². The maximum Gasteiger partial charge on any atom is 0.416 e. The molecule has 1 aliphatic carbocycles. The first kappa shape index (κ1) is 26.0. The van der Waals surface area contributed by atoms with Gasteiger partial charge in [0.05, 0.1) is 24.0 Å². The summed E-state index contributed by atoms with van der Waals surface area (Å²) < 4.78 is 50.7. The van der Waals surface area contributed by atoms with E-state index in [0.717, 1.165) is 60.0 Å². The van der Waals surface area contributed by atoms with E-state index in [9.17, 15) is 22.8 Å². The fraction of sp³-hybridized carbons (Fsp3) is 0.391. The maximum absolute atomic E-state index is 12.9.